The highest BCUT2D eigenvalue weighted by molar-refractivity contribution is 5.88. The molecule has 0 spiro atoms. The summed E-state index contributed by atoms with van der Waals surface area (Å²) in [5, 5.41) is 2.40. The molecule has 0 aliphatic rings. The minimum Gasteiger partial charge on any atom is -0.453 e. The maximum absolute atomic E-state index is 11.2. The molecule has 12 heavy (non-hydrogen) atoms. The molecule has 0 rings (SSSR count). The number of carbonyl (C=O) groups excluding carboxylic acids is 2. The van der Waals surface area contributed by atoms with Gasteiger partial charge in [-0.1, -0.05) is 13.8 Å². The molecule has 0 radical (unpaired) electrons. The van der Waals surface area contributed by atoms with E-state index in [0.717, 1.165) is 0 Å². The van der Waals surface area contributed by atoms with Gasteiger partial charge in [0.05, 0.1) is 13.2 Å². The summed E-state index contributed by atoms with van der Waals surface area (Å²) < 4.78 is 4.35. The van der Waals surface area contributed by atoms with E-state index in [0.29, 0.717) is 0 Å². The van der Waals surface area contributed by atoms with Crippen molar-refractivity contribution in [3.05, 3.63) is 0 Å². The Balaban J connectivity index is 3.95. The lowest BCUT2D eigenvalue weighted by atomic mass is 10.0. The van der Waals surface area contributed by atoms with E-state index in [1.807, 2.05) is 0 Å². The molecule has 1 amide bonds. The third-order valence-electron chi connectivity index (χ3n) is 1.52. The van der Waals surface area contributed by atoms with Crippen molar-refractivity contribution in [1.82, 2.24) is 5.32 Å². The Labute approximate surface area is 72.3 Å². The van der Waals surface area contributed by atoms with Gasteiger partial charge in [-0.05, 0) is 6.92 Å². The number of ketones is 1. The average molecular weight is 173 g/mol. The van der Waals surface area contributed by atoms with Gasteiger partial charge in [-0.3, -0.25) is 4.79 Å². The highest BCUT2D eigenvalue weighted by Gasteiger charge is 2.18. The van der Waals surface area contributed by atoms with E-state index in [4.69, 9.17) is 0 Å². The van der Waals surface area contributed by atoms with Gasteiger partial charge >= 0.3 is 6.09 Å². The van der Waals surface area contributed by atoms with Crippen molar-refractivity contribution in [1.29, 1.82) is 0 Å². The summed E-state index contributed by atoms with van der Waals surface area (Å²) in [5.41, 5.74) is 0. The molecule has 0 aliphatic carbocycles. The van der Waals surface area contributed by atoms with Gasteiger partial charge in [-0.25, -0.2) is 4.79 Å². The van der Waals surface area contributed by atoms with Gasteiger partial charge in [0.1, 0.15) is 0 Å². The lowest BCUT2D eigenvalue weighted by molar-refractivity contribution is -0.123. The zero-order chi connectivity index (χ0) is 9.72. The van der Waals surface area contributed by atoms with Crippen LogP contribution in [0.15, 0.2) is 0 Å². The van der Waals surface area contributed by atoms with Crippen molar-refractivity contribution in [3.63, 3.8) is 0 Å². The van der Waals surface area contributed by atoms with Crippen molar-refractivity contribution in [2.75, 3.05) is 7.11 Å². The number of amides is 1. The molecule has 0 aromatic carbocycles. The smallest absolute Gasteiger partial charge is 0.407 e. The summed E-state index contributed by atoms with van der Waals surface area (Å²) in [7, 11) is 1.27. The molecule has 0 aromatic heterocycles. The lowest BCUT2D eigenvalue weighted by Crippen LogP contribution is -2.40. The molecule has 4 heteroatoms. The minimum atomic E-state index is -0.573. The van der Waals surface area contributed by atoms with Crippen molar-refractivity contribution >= 4 is 11.9 Å². The van der Waals surface area contributed by atoms with Gasteiger partial charge in [0.25, 0.3) is 0 Å². The monoisotopic (exact) mass is 173 g/mol. The first kappa shape index (κ1) is 10.9. The predicted molar refractivity (Wildman–Crippen MR) is 44.8 cm³/mol. The van der Waals surface area contributed by atoms with Gasteiger partial charge in [-0.15, -0.1) is 0 Å². The third-order valence-corrected chi connectivity index (χ3v) is 1.52. The van der Waals surface area contributed by atoms with E-state index >= 15 is 0 Å². The van der Waals surface area contributed by atoms with Crippen LogP contribution in [0.3, 0.4) is 0 Å². The first-order chi connectivity index (χ1) is 5.49. The van der Waals surface area contributed by atoms with Crippen LogP contribution in [0.2, 0.25) is 0 Å². The molecule has 0 aliphatic heterocycles. The lowest BCUT2D eigenvalue weighted by Gasteiger charge is -2.13. The fraction of sp³-hybridized carbons (Fsp3) is 0.750. The largest absolute Gasteiger partial charge is 0.453 e. The van der Waals surface area contributed by atoms with E-state index in [-0.39, 0.29) is 11.7 Å². The van der Waals surface area contributed by atoms with E-state index in [1.54, 1.807) is 20.8 Å². The quantitative estimate of drug-likeness (QED) is 0.691. The number of hydrogen-bond donors (Lipinski definition) is 1. The minimum absolute atomic E-state index is 0.000370. The predicted octanol–water partition coefficient (Wildman–Crippen LogP) is 0.956. The van der Waals surface area contributed by atoms with Gasteiger partial charge in [0, 0.05) is 5.92 Å². The van der Waals surface area contributed by atoms with Gasteiger partial charge in [0.15, 0.2) is 5.78 Å². The first-order valence-corrected chi connectivity index (χ1v) is 3.87. The number of Topliss-reactive ketones (excluding diaryl/α,β-unsaturated/α-hetero) is 1. The topological polar surface area (TPSA) is 55.4 Å². The molecule has 0 bridgehead atoms. The van der Waals surface area contributed by atoms with Crippen LogP contribution in [-0.2, 0) is 9.53 Å². The van der Waals surface area contributed by atoms with E-state index in [1.165, 1.54) is 7.11 Å². The van der Waals surface area contributed by atoms with Crippen LogP contribution in [0.5, 0.6) is 0 Å². The zero-order valence-corrected chi connectivity index (χ0v) is 7.88. The standard InChI is InChI=1S/C8H15NO3/c1-5(2)7(10)6(3)9-8(11)12-4/h5-6H,1-4H3,(H,9,11)/t6-/m0/s1. The number of methoxy groups -OCH3 is 1. The Morgan fingerprint density at radius 2 is 1.75 bits per heavy atom. The second kappa shape index (κ2) is 4.74. The Bertz CT molecular complexity index is 177. The maximum Gasteiger partial charge on any atom is 0.407 e. The van der Waals surface area contributed by atoms with Crippen molar-refractivity contribution in [3.8, 4) is 0 Å². The second-order valence-electron chi connectivity index (χ2n) is 2.91. The summed E-state index contributed by atoms with van der Waals surface area (Å²) >= 11 is 0. The summed E-state index contributed by atoms with van der Waals surface area (Å²) in [6, 6.07) is -0.475. The van der Waals surface area contributed by atoms with Gasteiger partial charge in [0.2, 0.25) is 0 Å². The molecule has 1 N–H and O–H groups in total. The van der Waals surface area contributed by atoms with E-state index in [2.05, 4.69) is 10.1 Å². The molecular weight excluding hydrogens is 158 g/mol. The maximum atomic E-state index is 11.2. The fourth-order valence-electron chi connectivity index (χ4n) is 0.807. The van der Waals surface area contributed by atoms with E-state index in [9.17, 15) is 9.59 Å². The first-order valence-electron chi connectivity index (χ1n) is 3.87. The molecule has 1 atom stereocenters. The number of carbonyl (C=O) groups is 2. The van der Waals surface area contributed by atoms with Crippen LogP contribution in [0.1, 0.15) is 20.8 Å². The molecule has 0 fully saturated rings. The number of hydrogen-bond acceptors (Lipinski definition) is 3. The number of ether oxygens (including phenoxy) is 1. The molecule has 0 unspecified atom stereocenters. The van der Waals surface area contributed by atoms with Crippen molar-refractivity contribution < 1.29 is 14.3 Å². The number of alkyl carbamates (subject to hydrolysis) is 1. The normalized spacial score (nSPS) is 12.4. The van der Waals surface area contributed by atoms with Crippen molar-refractivity contribution in [2.24, 2.45) is 5.92 Å². The molecule has 0 saturated carbocycles. The second-order valence-corrected chi connectivity index (χ2v) is 2.91. The van der Waals surface area contributed by atoms with Gasteiger partial charge in [-0.2, -0.15) is 0 Å². The summed E-state index contributed by atoms with van der Waals surface area (Å²) in [5.74, 6) is -0.0717. The van der Waals surface area contributed by atoms with Crippen molar-refractivity contribution in [2.45, 2.75) is 26.8 Å². The van der Waals surface area contributed by atoms with Crippen LogP contribution < -0.4 is 5.32 Å². The molecule has 0 aromatic rings. The summed E-state index contributed by atoms with van der Waals surface area (Å²) in [6.45, 7) is 5.22. The summed E-state index contributed by atoms with van der Waals surface area (Å²) in [6.07, 6.45) is -0.573. The molecule has 0 saturated heterocycles. The van der Waals surface area contributed by atoms with Crippen LogP contribution in [0, 0.1) is 5.92 Å². The van der Waals surface area contributed by atoms with Crippen LogP contribution >= 0.6 is 0 Å². The number of rotatable bonds is 3. The highest BCUT2D eigenvalue weighted by Crippen LogP contribution is 1.98. The SMILES string of the molecule is COC(=O)N[C@@H](C)C(=O)C(C)C. The van der Waals surface area contributed by atoms with Gasteiger partial charge < -0.3 is 10.1 Å². The average Bonchev–Trinajstić information content (AvgIpc) is 2.02. The molecule has 0 heterocycles. The van der Waals surface area contributed by atoms with Crippen LogP contribution in [0.25, 0.3) is 0 Å². The molecular formula is C8H15NO3. The van der Waals surface area contributed by atoms with Crippen LogP contribution in [-0.4, -0.2) is 25.0 Å². The molecule has 70 valence electrons. The van der Waals surface area contributed by atoms with Crippen LogP contribution in [0.4, 0.5) is 4.79 Å². The Kier molecular flexibility index (Phi) is 4.33. The Morgan fingerprint density at radius 1 is 1.25 bits per heavy atom. The number of nitrogens with one attached hydrogen (secondary N) is 1. The summed E-state index contributed by atoms with van der Waals surface area (Å²) in [4.78, 5) is 21.9. The third kappa shape index (κ3) is 3.37. The fourth-order valence-corrected chi connectivity index (χ4v) is 0.807. The zero-order valence-electron chi connectivity index (χ0n) is 7.88. The van der Waals surface area contributed by atoms with E-state index < -0.39 is 12.1 Å². The Hall–Kier alpha value is -1.06. The highest BCUT2D eigenvalue weighted by atomic mass is 16.5. The Morgan fingerprint density at radius 3 is 2.08 bits per heavy atom. The molecule has 4 nitrogen and oxygen atoms in total.